The van der Waals surface area contributed by atoms with Gasteiger partial charge in [-0.05, 0) is 38.3 Å². The van der Waals surface area contributed by atoms with E-state index in [4.69, 9.17) is 5.73 Å². The van der Waals surface area contributed by atoms with Crippen molar-refractivity contribution in [3.8, 4) is 0 Å². The first-order valence-corrected chi connectivity index (χ1v) is 8.59. The highest BCUT2D eigenvalue weighted by molar-refractivity contribution is 7.89. The van der Waals surface area contributed by atoms with Crippen molar-refractivity contribution < 1.29 is 8.42 Å². The van der Waals surface area contributed by atoms with Crippen LogP contribution in [0, 0.1) is 13.8 Å². The second-order valence-electron chi connectivity index (χ2n) is 5.81. The average Bonchev–Trinajstić information content (AvgIpc) is 2.38. The Balaban J connectivity index is 2.33. The first kappa shape index (κ1) is 15.5. The van der Waals surface area contributed by atoms with E-state index < -0.39 is 10.0 Å². The van der Waals surface area contributed by atoms with E-state index in [-0.39, 0.29) is 12.1 Å². The summed E-state index contributed by atoms with van der Waals surface area (Å²) in [5.74, 6) is 0. The van der Waals surface area contributed by atoms with Gasteiger partial charge in [-0.3, -0.25) is 0 Å². The monoisotopic (exact) mass is 296 g/mol. The Morgan fingerprint density at radius 2 is 1.85 bits per heavy atom. The van der Waals surface area contributed by atoms with Crippen LogP contribution in [0.25, 0.3) is 0 Å². The molecule has 2 unspecified atom stereocenters. The zero-order valence-electron chi connectivity index (χ0n) is 12.5. The van der Waals surface area contributed by atoms with Gasteiger partial charge in [0.2, 0.25) is 10.0 Å². The van der Waals surface area contributed by atoms with Crippen molar-refractivity contribution in [2.75, 3.05) is 7.05 Å². The maximum absolute atomic E-state index is 12.8. The number of nitrogens with zero attached hydrogens (tertiary/aromatic N) is 1. The van der Waals surface area contributed by atoms with E-state index in [1.807, 2.05) is 26.0 Å². The molecule has 0 spiro atoms. The highest BCUT2D eigenvalue weighted by Crippen LogP contribution is 2.27. The standard InChI is InChI=1S/C15H24N2O2S/c1-11-8-9-15(12(2)10-11)20(18,19)17(3)14-7-5-4-6-13(14)16/h8-10,13-14H,4-7,16H2,1-3H3. The third kappa shape index (κ3) is 2.90. The molecule has 0 saturated heterocycles. The van der Waals surface area contributed by atoms with Crippen molar-refractivity contribution in [1.29, 1.82) is 0 Å². The lowest BCUT2D eigenvalue weighted by Gasteiger charge is -2.35. The van der Waals surface area contributed by atoms with E-state index in [0.29, 0.717) is 4.90 Å². The van der Waals surface area contributed by atoms with Gasteiger partial charge >= 0.3 is 0 Å². The van der Waals surface area contributed by atoms with Crippen LogP contribution in [0.3, 0.4) is 0 Å². The first-order chi connectivity index (χ1) is 9.34. The SMILES string of the molecule is Cc1ccc(S(=O)(=O)N(C)C2CCCCC2N)c(C)c1. The number of likely N-dealkylation sites (N-methyl/N-ethyl adjacent to an activating group) is 1. The molecule has 0 bridgehead atoms. The van der Waals surface area contributed by atoms with Crippen LogP contribution >= 0.6 is 0 Å². The van der Waals surface area contributed by atoms with Gasteiger partial charge in [0.15, 0.2) is 0 Å². The van der Waals surface area contributed by atoms with Gasteiger partial charge in [-0.1, -0.05) is 30.5 Å². The van der Waals surface area contributed by atoms with E-state index in [1.165, 1.54) is 4.31 Å². The summed E-state index contributed by atoms with van der Waals surface area (Å²) < 4.78 is 27.0. The maximum Gasteiger partial charge on any atom is 0.243 e. The van der Waals surface area contributed by atoms with Crippen LogP contribution in [0.1, 0.15) is 36.8 Å². The molecular weight excluding hydrogens is 272 g/mol. The molecular formula is C15H24N2O2S. The number of sulfonamides is 1. The number of rotatable bonds is 3. The van der Waals surface area contributed by atoms with Crippen LogP contribution in [-0.2, 0) is 10.0 Å². The van der Waals surface area contributed by atoms with Gasteiger partial charge in [-0.2, -0.15) is 4.31 Å². The Morgan fingerprint density at radius 1 is 1.20 bits per heavy atom. The van der Waals surface area contributed by atoms with Crippen molar-refractivity contribution >= 4 is 10.0 Å². The van der Waals surface area contributed by atoms with Crippen LogP contribution in [0.5, 0.6) is 0 Å². The predicted octanol–water partition coefficient (Wildman–Crippen LogP) is 2.19. The summed E-state index contributed by atoms with van der Waals surface area (Å²) in [5.41, 5.74) is 7.97. The fourth-order valence-electron chi connectivity index (χ4n) is 3.01. The second-order valence-corrected chi connectivity index (χ2v) is 7.77. The van der Waals surface area contributed by atoms with E-state index in [0.717, 1.165) is 36.8 Å². The minimum Gasteiger partial charge on any atom is -0.326 e. The normalized spacial score (nSPS) is 24.1. The van der Waals surface area contributed by atoms with E-state index in [2.05, 4.69) is 0 Å². The molecule has 2 N–H and O–H groups in total. The molecule has 1 saturated carbocycles. The topological polar surface area (TPSA) is 63.4 Å². The van der Waals surface area contributed by atoms with Crippen LogP contribution in [-0.4, -0.2) is 31.9 Å². The Hall–Kier alpha value is -0.910. The molecule has 1 fully saturated rings. The molecule has 1 aromatic rings. The fourth-order valence-corrected chi connectivity index (χ4v) is 4.65. The first-order valence-electron chi connectivity index (χ1n) is 7.15. The third-order valence-corrected chi connectivity index (χ3v) is 6.28. The average molecular weight is 296 g/mol. The number of benzene rings is 1. The number of hydrogen-bond acceptors (Lipinski definition) is 3. The maximum atomic E-state index is 12.8. The zero-order valence-corrected chi connectivity index (χ0v) is 13.3. The molecule has 2 rings (SSSR count). The zero-order chi connectivity index (χ0) is 14.9. The molecule has 0 aromatic heterocycles. The minimum absolute atomic E-state index is 0.0609. The predicted molar refractivity (Wildman–Crippen MR) is 81.1 cm³/mol. The summed E-state index contributed by atoms with van der Waals surface area (Å²) in [7, 11) is -1.81. The Labute approximate surface area is 122 Å². The van der Waals surface area contributed by atoms with Crippen molar-refractivity contribution in [2.45, 2.75) is 56.5 Å². The lowest BCUT2D eigenvalue weighted by atomic mass is 9.91. The summed E-state index contributed by atoms with van der Waals surface area (Å²) in [6.07, 6.45) is 3.89. The highest BCUT2D eigenvalue weighted by Gasteiger charge is 2.33. The van der Waals surface area contributed by atoms with Crippen molar-refractivity contribution in [2.24, 2.45) is 5.73 Å². The largest absolute Gasteiger partial charge is 0.326 e. The van der Waals surface area contributed by atoms with Crippen LogP contribution in [0.4, 0.5) is 0 Å². The van der Waals surface area contributed by atoms with Gasteiger partial charge in [-0.15, -0.1) is 0 Å². The molecule has 0 amide bonds. The number of nitrogens with two attached hydrogens (primary N) is 1. The van der Waals surface area contributed by atoms with Crippen LogP contribution < -0.4 is 5.73 Å². The number of hydrogen-bond donors (Lipinski definition) is 1. The Bertz CT molecular complexity index is 584. The summed E-state index contributed by atoms with van der Waals surface area (Å²) in [6, 6.07) is 5.30. The van der Waals surface area contributed by atoms with Crippen molar-refractivity contribution in [3.63, 3.8) is 0 Å². The molecule has 0 aliphatic heterocycles. The molecule has 20 heavy (non-hydrogen) atoms. The molecule has 0 radical (unpaired) electrons. The minimum atomic E-state index is -3.47. The van der Waals surface area contributed by atoms with Gasteiger partial charge in [0.1, 0.15) is 0 Å². The summed E-state index contributed by atoms with van der Waals surface area (Å²) >= 11 is 0. The van der Waals surface area contributed by atoms with Gasteiger partial charge in [-0.25, -0.2) is 8.42 Å². The highest BCUT2D eigenvalue weighted by atomic mass is 32.2. The second kappa shape index (κ2) is 5.84. The van der Waals surface area contributed by atoms with E-state index in [1.54, 1.807) is 13.1 Å². The molecule has 1 aliphatic carbocycles. The van der Waals surface area contributed by atoms with E-state index >= 15 is 0 Å². The molecule has 2 atom stereocenters. The quantitative estimate of drug-likeness (QED) is 0.930. The summed E-state index contributed by atoms with van der Waals surface area (Å²) in [4.78, 5) is 0.392. The fraction of sp³-hybridized carbons (Fsp3) is 0.600. The molecule has 0 heterocycles. The lowest BCUT2D eigenvalue weighted by molar-refractivity contribution is 0.252. The van der Waals surface area contributed by atoms with Gasteiger partial charge in [0, 0.05) is 19.1 Å². The van der Waals surface area contributed by atoms with Crippen LogP contribution in [0.2, 0.25) is 0 Å². The molecule has 5 heteroatoms. The molecule has 1 aliphatic rings. The Morgan fingerprint density at radius 3 is 2.45 bits per heavy atom. The summed E-state index contributed by atoms with van der Waals surface area (Å²) in [6.45, 7) is 3.80. The third-order valence-electron chi connectivity index (χ3n) is 4.24. The Kier molecular flexibility index (Phi) is 4.52. The van der Waals surface area contributed by atoms with Gasteiger partial charge < -0.3 is 5.73 Å². The number of aryl methyl sites for hydroxylation is 2. The molecule has 112 valence electrons. The van der Waals surface area contributed by atoms with Crippen molar-refractivity contribution in [1.82, 2.24) is 4.31 Å². The summed E-state index contributed by atoms with van der Waals surface area (Å²) in [5, 5.41) is 0. The van der Waals surface area contributed by atoms with Gasteiger partial charge in [0.05, 0.1) is 4.90 Å². The van der Waals surface area contributed by atoms with Crippen molar-refractivity contribution in [3.05, 3.63) is 29.3 Å². The van der Waals surface area contributed by atoms with E-state index in [9.17, 15) is 8.42 Å². The smallest absolute Gasteiger partial charge is 0.243 e. The van der Waals surface area contributed by atoms with Gasteiger partial charge in [0.25, 0.3) is 0 Å². The molecule has 1 aromatic carbocycles. The molecule has 4 nitrogen and oxygen atoms in total. The van der Waals surface area contributed by atoms with Crippen LogP contribution in [0.15, 0.2) is 23.1 Å². The lowest BCUT2D eigenvalue weighted by Crippen LogP contribution is -2.50.